The molecule has 0 aliphatic carbocycles. The van der Waals surface area contributed by atoms with Gasteiger partial charge in [0.25, 0.3) is 0 Å². The minimum Gasteiger partial charge on any atom is -0.478 e. The monoisotopic (exact) mass is 302 g/mol. The Morgan fingerprint density at radius 2 is 2.20 bits per heavy atom. The number of sulfone groups is 1. The molecule has 8 heteroatoms. The van der Waals surface area contributed by atoms with Gasteiger partial charge in [0, 0.05) is 6.54 Å². The average Bonchev–Trinajstić information content (AvgIpc) is 2.69. The Labute approximate surface area is 115 Å². The van der Waals surface area contributed by atoms with Crippen LogP contribution in [-0.4, -0.2) is 37.5 Å². The number of aromatic carboxylic acids is 1. The van der Waals surface area contributed by atoms with Crippen molar-refractivity contribution >= 4 is 27.2 Å². The van der Waals surface area contributed by atoms with Crippen molar-refractivity contribution in [2.75, 3.05) is 29.1 Å². The van der Waals surface area contributed by atoms with Crippen LogP contribution in [-0.2, 0) is 9.84 Å². The van der Waals surface area contributed by atoms with Crippen molar-refractivity contribution in [1.82, 2.24) is 0 Å². The first-order chi connectivity index (χ1) is 9.28. The third-order valence-corrected chi connectivity index (χ3v) is 5.11. The molecule has 6 nitrogen and oxygen atoms in total. The van der Waals surface area contributed by atoms with Crippen molar-refractivity contribution < 1.29 is 22.7 Å². The predicted octanol–water partition coefficient (Wildman–Crippen LogP) is 0.953. The number of halogens is 1. The fourth-order valence-electron chi connectivity index (χ4n) is 2.19. The number of hydrogen-bond donors (Lipinski definition) is 3. The van der Waals surface area contributed by atoms with E-state index in [4.69, 9.17) is 10.8 Å². The second kappa shape index (κ2) is 5.28. The molecular formula is C12H15FN2O4S. The van der Waals surface area contributed by atoms with Crippen LogP contribution < -0.4 is 11.1 Å². The number of benzene rings is 1. The SMILES string of the molecule is Nc1cc(C(=O)O)c(F)cc1NCC1CCS(=O)(=O)C1. The zero-order valence-corrected chi connectivity index (χ0v) is 11.4. The highest BCUT2D eigenvalue weighted by Crippen LogP contribution is 2.25. The molecule has 110 valence electrons. The molecule has 1 aliphatic rings. The largest absolute Gasteiger partial charge is 0.478 e. The van der Waals surface area contributed by atoms with Crippen molar-refractivity contribution in [3.8, 4) is 0 Å². The summed E-state index contributed by atoms with van der Waals surface area (Å²) in [6, 6.07) is 2.06. The van der Waals surface area contributed by atoms with Crippen LogP contribution in [0.5, 0.6) is 0 Å². The number of carboxylic acids is 1. The third-order valence-electron chi connectivity index (χ3n) is 3.28. The molecular weight excluding hydrogens is 287 g/mol. The Hall–Kier alpha value is -1.83. The van der Waals surface area contributed by atoms with Gasteiger partial charge in [-0.25, -0.2) is 17.6 Å². The van der Waals surface area contributed by atoms with E-state index < -0.39 is 27.2 Å². The average molecular weight is 302 g/mol. The summed E-state index contributed by atoms with van der Waals surface area (Å²) in [7, 11) is -2.96. The first kappa shape index (κ1) is 14.6. The molecule has 0 bridgehead atoms. The van der Waals surface area contributed by atoms with Crippen molar-refractivity contribution in [2.45, 2.75) is 6.42 Å². The fraction of sp³-hybridized carbons (Fsp3) is 0.417. The molecule has 0 radical (unpaired) electrons. The molecule has 1 atom stereocenters. The summed E-state index contributed by atoms with van der Waals surface area (Å²) in [4.78, 5) is 10.7. The van der Waals surface area contributed by atoms with Crippen LogP contribution >= 0.6 is 0 Å². The number of hydrogen-bond acceptors (Lipinski definition) is 5. The van der Waals surface area contributed by atoms with E-state index in [1.807, 2.05) is 0 Å². The highest BCUT2D eigenvalue weighted by molar-refractivity contribution is 7.91. The number of carbonyl (C=O) groups is 1. The van der Waals surface area contributed by atoms with Gasteiger partial charge in [-0.2, -0.15) is 0 Å². The van der Waals surface area contributed by atoms with Crippen molar-refractivity contribution in [1.29, 1.82) is 0 Å². The molecule has 0 saturated carbocycles. The lowest BCUT2D eigenvalue weighted by Gasteiger charge is -2.13. The molecule has 20 heavy (non-hydrogen) atoms. The lowest BCUT2D eigenvalue weighted by atomic mass is 10.1. The van der Waals surface area contributed by atoms with Crippen molar-refractivity contribution in [3.63, 3.8) is 0 Å². The van der Waals surface area contributed by atoms with E-state index in [1.165, 1.54) is 0 Å². The molecule has 4 N–H and O–H groups in total. The van der Waals surface area contributed by atoms with Gasteiger partial charge in [0.1, 0.15) is 5.82 Å². The fourth-order valence-corrected chi connectivity index (χ4v) is 4.06. The van der Waals surface area contributed by atoms with Crippen LogP contribution in [0, 0.1) is 11.7 Å². The second-order valence-corrected chi connectivity index (χ2v) is 7.10. The summed E-state index contributed by atoms with van der Waals surface area (Å²) in [6.07, 6.45) is 0.560. The smallest absolute Gasteiger partial charge is 0.338 e. The summed E-state index contributed by atoms with van der Waals surface area (Å²) in [6.45, 7) is 0.356. The summed E-state index contributed by atoms with van der Waals surface area (Å²) in [5.41, 5.74) is 5.56. The molecule has 1 aromatic carbocycles. The third kappa shape index (κ3) is 3.19. The minimum atomic E-state index is -2.96. The molecule has 1 aromatic rings. The van der Waals surface area contributed by atoms with Crippen molar-refractivity contribution in [3.05, 3.63) is 23.5 Å². The molecule has 2 rings (SSSR count). The van der Waals surface area contributed by atoms with E-state index in [9.17, 15) is 17.6 Å². The van der Waals surface area contributed by atoms with Gasteiger partial charge in [-0.15, -0.1) is 0 Å². The maximum Gasteiger partial charge on any atom is 0.338 e. The van der Waals surface area contributed by atoms with Crippen LogP contribution in [0.25, 0.3) is 0 Å². The first-order valence-corrected chi connectivity index (χ1v) is 7.87. The molecule has 1 unspecified atom stereocenters. The topological polar surface area (TPSA) is 109 Å². The standard InChI is InChI=1S/C12H15FN2O4S/c13-9-4-11(10(14)3-8(9)12(16)17)15-5-7-1-2-20(18,19)6-7/h3-4,7,15H,1-2,5-6,14H2,(H,16,17). The molecule has 1 aliphatic heterocycles. The Balaban J connectivity index is 2.07. The molecule has 0 aromatic heterocycles. The number of nitrogen functional groups attached to an aromatic ring is 1. The normalized spacial score (nSPS) is 20.8. The maximum absolute atomic E-state index is 13.5. The van der Waals surface area contributed by atoms with Crippen LogP contribution in [0.4, 0.5) is 15.8 Å². The zero-order chi connectivity index (χ0) is 14.9. The van der Waals surface area contributed by atoms with E-state index in [1.54, 1.807) is 0 Å². The van der Waals surface area contributed by atoms with Crippen LogP contribution in [0.2, 0.25) is 0 Å². The summed E-state index contributed by atoms with van der Waals surface area (Å²) in [5.74, 6) is -2.03. The number of anilines is 2. The Morgan fingerprint density at radius 1 is 1.50 bits per heavy atom. The highest BCUT2D eigenvalue weighted by Gasteiger charge is 2.27. The van der Waals surface area contributed by atoms with Gasteiger partial charge >= 0.3 is 5.97 Å². The maximum atomic E-state index is 13.5. The molecule has 1 heterocycles. The second-order valence-electron chi connectivity index (χ2n) is 4.87. The van der Waals surface area contributed by atoms with Crippen LogP contribution in [0.3, 0.4) is 0 Å². The predicted molar refractivity (Wildman–Crippen MR) is 73.0 cm³/mol. The van der Waals surface area contributed by atoms with Gasteiger partial charge in [0.05, 0.1) is 28.4 Å². The van der Waals surface area contributed by atoms with Gasteiger partial charge in [0.15, 0.2) is 9.84 Å². The summed E-state index contributed by atoms with van der Waals surface area (Å²) >= 11 is 0. The van der Waals surface area contributed by atoms with Gasteiger partial charge in [-0.1, -0.05) is 0 Å². The van der Waals surface area contributed by atoms with Crippen LogP contribution in [0.15, 0.2) is 12.1 Å². The van der Waals surface area contributed by atoms with Gasteiger partial charge in [-0.3, -0.25) is 0 Å². The van der Waals surface area contributed by atoms with Crippen molar-refractivity contribution in [2.24, 2.45) is 5.92 Å². The van der Waals surface area contributed by atoms with E-state index in [0.29, 0.717) is 13.0 Å². The summed E-state index contributed by atoms with van der Waals surface area (Å²) < 4.78 is 36.2. The first-order valence-electron chi connectivity index (χ1n) is 6.05. The summed E-state index contributed by atoms with van der Waals surface area (Å²) in [5, 5.41) is 11.6. The Morgan fingerprint density at radius 3 is 2.75 bits per heavy atom. The number of carboxylic acid groups (broad SMARTS) is 1. The molecule has 1 fully saturated rings. The minimum absolute atomic E-state index is 0.0402. The quantitative estimate of drug-likeness (QED) is 0.714. The van der Waals surface area contributed by atoms with Gasteiger partial charge < -0.3 is 16.2 Å². The Bertz CT molecular complexity index is 645. The van der Waals surface area contributed by atoms with Gasteiger partial charge in [0.2, 0.25) is 0 Å². The Kier molecular flexibility index (Phi) is 3.85. The zero-order valence-electron chi connectivity index (χ0n) is 10.6. The van der Waals surface area contributed by atoms with E-state index in [2.05, 4.69) is 5.32 Å². The van der Waals surface area contributed by atoms with E-state index >= 15 is 0 Å². The van der Waals surface area contributed by atoms with Crippen LogP contribution in [0.1, 0.15) is 16.8 Å². The van der Waals surface area contributed by atoms with E-state index in [-0.39, 0.29) is 28.8 Å². The highest BCUT2D eigenvalue weighted by atomic mass is 32.2. The number of nitrogens with one attached hydrogen (secondary N) is 1. The molecule has 0 amide bonds. The molecule has 1 saturated heterocycles. The molecule has 0 spiro atoms. The van der Waals surface area contributed by atoms with E-state index in [0.717, 1.165) is 12.1 Å². The number of rotatable bonds is 4. The number of nitrogens with two attached hydrogens (primary N) is 1. The lowest BCUT2D eigenvalue weighted by Crippen LogP contribution is -2.17. The lowest BCUT2D eigenvalue weighted by molar-refractivity contribution is 0.0692. The van der Waals surface area contributed by atoms with Gasteiger partial charge in [-0.05, 0) is 24.5 Å².